The van der Waals surface area contributed by atoms with Crippen molar-refractivity contribution in [2.75, 3.05) is 26.7 Å². The number of β-amino-alcohol motifs (C(OH)–C–C–N with tert-alkyl or cyclic N) is 1. The molecule has 1 fully saturated rings. The van der Waals surface area contributed by atoms with Crippen LogP contribution in [0.5, 0.6) is 5.88 Å². The van der Waals surface area contributed by atoms with Crippen molar-refractivity contribution >= 4 is 33.7 Å². The van der Waals surface area contributed by atoms with Crippen LogP contribution in [0, 0.1) is 0 Å². The van der Waals surface area contributed by atoms with Crippen molar-refractivity contribution in [2.24, 2.45) is 0 Å². The van der Waals surface area contributed by atoms with Crippen molar-refractivity contribution in [3.8, 4) is 5.88 Å². The third-order valence-electron chi connectivity index (χ3n) is 6.62. The van der Waals surface area contributed by atoms with Crippen molar-refractivity contribution < 1.29 is 29.6 Å². The largest absolute Gasteiger partial charge is 0.481 e. The predicted octanol–water partition coefficient (Wildman–Crippen LogP) is 2.63. The number of hydrogen-bond donors (Lipinski definition) is 4. The Balaban J connectivity index is 0.000000531. The summed E-state index contributed by atoms with van der Waals surface area (Å²) in [7, 11) is 1.59. The molecule has 1 aliphatic heterocycles. The van der Waals surface area contributed by atoms with Gasteiger partial charge in [-0.2, -0.15) is 0 Å². The molecule has 0 saturated carbocycles. The van der Waals surface area contributed by atoms with Crippen molar-refractivity contribution in [3.05, 3.63) is 72.2 Å². The van der Waals surface area contributed by atoms with E-state index in [1.54, 1.807) is 19.4 Å². The van der Waals surface area contributed by atoms with Crippen LogP contribution in [-0.4, -0.2) is 79.9 Å². The summed E-state index contributed by atoms with van der Waals surface area (Å²) in [5.41, 5.74) is 3.32. The summed E-state index contributed by atoms with van der Waals surface area (Å²) in [6.07, 6.45) is 5.14. The fourth-order valence-corrected chi connectivity index (χ4v) is 4.55. The van der Waals surface area contributed by atoms with Crippen LogP contribution in [0.4, 0.5) is 0 Å². The first-order chi connectivity index (χ1) is 18.8. The van der Waals surface area contributed by atoms with E-state index in [1.165, 1.54) is 10.8 Å². The number of nitrogens with zero attached hydrogens (tertiary/aromatic N) is 4. The Hall–Kier alpha value is -4.19. The summed E-state index contributed by atoms with van der Waals surface area (Å²) in [4.78, 5) is 34.0. The zero-order valence-corrected chi connectivity index (χ0v) is 21.5. The maximum Gasteiger partial charge on any atom is 0.414 e. The number of likely N-dealkylation sites (tertiary alicyclic amines) is 1. The van der Waals surface area contributed by atoms with Gasteiger partial charge in [0.1, 0.15) is 0 Å². The highest BCUT2D eigenvalue weighted by atomic mass is 16.5. The van der Waals surface area contributed by atoms with Gasteiger partial charge in [-0.25, -0.2) is 14.6 Å². The number of hydrogen-bond acceptors (Lipinski definition) is 9. The van der Waals surface area contributed by atoms with Gasteiger partial charge in [0.05, 0.1) is 29.9 Å². The number of fused-ring (bicyclic) bond motifs is 2. The number of piperidine rings is 1. The highest BCUT2D eigenvalue weighted by Crippen LogP contribution is 2.25. The Labute approximate surface area is 225 Å². The molecule has 204 valence electrons. The second kappa shape index (κ2) is 13.1. The topological polar surface area (TPSA) is 158 Å². The van der Waals surface area contributed by atoms with E-state index < -0.39 is 18.0 Å². The number of carboxylic acids is 2. The number of rotatable bonds is 7. The first-order valence-corrected chi connectivity index (χ1v) is 12.6. The summed E-state index contributed by atoms with van der Waals surface area (Å²) >= 11 is 0. The molecule has 1 aliphatic rings. The Morgan fingerprint density at radius 1 is 1.05 bits per heavy atom. The third-order valence-corrected chi connectivity index (χ3v) is 6.62. The molecule has 0 aliphatic carbocycles. The molecule has 5 rings (SSSR count). The average molecular weight is 534 g/mol. The lowest BCUT2D eigenvalue weighted by molar-refractivity contribution is -0.159. The van der Waals surface area contributed by atoms with Crippen LogP contribution in [-0.2, 0) is 16.1 Å². The number of ether oxygens (including phenoxy) is 1. The summed E-state index contributed by atoms with van der Waals surface area (Å²) in [6.45, 7) is 3.24. The van der Waals surface area contributed by atoms with E-state index in [2.05, 4.69) is 49.4 Å². The quantitative estimate of drug-likeness (QED) is 0.259. The fourth-order valence-electron chi connectivity index (χ4n) is 4.55. The number of pyridine rings is 3. The number of aliphatic hydroxyl groups is 1. The van der Waals surface area contributed by atoms with Crippen LogP contribution in [0.2, 0.25) is 0 Å². The number of aromatic nitrogens is 3. The summed E-state index contributed by atoms with van der Waals surface area (Å²) in [5.74, 6) is -3.12. The van der Waals surface area contributed by atoms with E-state index in [0.717, 1.165) is 49.2 Å². The molecule has 1 atom stereocenters. The Kier molecular flexibility index (Phi) is 9.31. The summed E-state index contributed by atoms with van der Waals surface area (Å²) in [6, 6.07) is 16.4. The molecule has 4 heterocycles. The maximum atomic E-state index is 11.0. The van der Waals surface area contributed by atoms with Gasteiger partial charge in [0, 0.05) is 48.5 Å². The van der Waals surface area contributed by atoms with E-state index in [9.17, 15) is 5.11 Å². The molecule has 4 N–H and O–H groups in total. The van der Waals surface area contributed by atoms with Gasteiger partial charge in [0.2, 0.25) is 5.88 Å². The molecule has 4 aromatic rings. The average Bonchev–Trinajstić information content (AvgIpc) is 2.96. The van der Waals surface area contributed by atoms with Crippen molar-refractivity contribution in [1.29, 1.82) is 0 Å². The second-order valence-corrected chi connectivity index (χ2v) is 9.23. The van der Waals surface area contributed by atoms with Gasteiger partial charge in [-0.3, -0.25) is 9.97 Å². The molecule has 11 heteroatoms. The summed E-state index contributed by atoms with van der Waals surface area (Å²) in [5, 5.41) is 31.8. The molecule has 39 heavy (non-hydrogen) atoms. The van der Waals surface area contributed by atoms with Crippen LogP contribution in [0.25, 0.3) is 21.8 Å². The first-order valence-electron chi connectivity index (χ1n) is 12.6. The van der Waals surface area contributed by atoms with E-state index in [1.807, 2.05) is 24.4 Å². The zero-order chi connectivity index (χ0) is 27.8. The van der Waals surface area contributed by atoms with Gasteiger partial charge in [-0.05, 0) is 49.5 Å². The van der Waals surface area contributed by atoms with Crippen LogP contribution >= 0.6 is 0 Å². The molecule has 0 amide bonds. The third kappa shape index (κ3) is 7.44. The molecule has 1 saturated heterocycles. The van der Waals surface area contributed by atoms with Crippen LogP contribution in [0.1, 0.15) is 30.2 Å². The molecule has 0 spiro atoms. The number of methoxy groups -OCH3 is 1. The molecule has 1 aromatic carbocycles. The SMILES string of the molecule is COc1ccc2nccc([C@@H](O)CN3CCC(NCc4cc5ccccc5cn4)CC3)c2n1.O=C(O)C(=O)O. The van der Waals surface area contributed by atoms with Gasteiger partial charge in [0.25, 0.3) is 0 Å². The maximum absolute atomic E-state index is 11.0. The monoisotopic (exact) mass is 533 g/mol. The smallest absolute Gasteiger partial charge is 0.414 e. The van der Waals surface area contributed by atoms with Crippen LogP contribution in [0.15, 0.2) is 60.9 Å². The minimum atomic E-state index is -1.82. The fraction of sp³-hybridized carbons (Fsp3) is 0.321. The Morgan fingerprint density at radius 3 is 2.46 bits per heavy atom. The van der Waals surface area contributed by atoms with Crippen LogP contribution in [0.3, 0.4) is 0 Å². The van der Waals surface area contributed by atoms with Crippen molar-refractivity contribution in [1.82, 2.24) is 25.2 Å². The lowest BCUT2D eigenvalue weighted by atomic mass is 10.0. The number of carboxylic acid groups (broad SMARTS) is 2. The van der Waals surface area contributed by atoms with Gasteiger partial charge in [-0.15, -0.1) is 0 Å². The first kappa shape index (κ1) is 27.8. The molecule has 0 unspecified atom stereocenters. The van der Waals surface area contributed by atoms with Gasteiger partial charge in [0.15, 0.2) is 0 Å². The Morgan fingerprint density at radius 2 is 1.77 bits per heavy atom. The zero-order valence-electron chi connectivity index (χ0n) is 21.5. The number of aliphatic hydroxyl groups excluding tert-OH is 1. The minimum absolute atomic E-state index is 0.458. The molecular weight excluding hydrogens is 502 g/mol. The number of aliphatic carboxylic acids is 2. The van der Waals surface area contributed by atoms with Crippen LogP contribution < -0.4 is 10.1 Å². The number of benzene rings is 1. The predicted molar refractivity (Wildman–Crippen MR) is 144 cm³/mol. The highest BCUT2D eigenvalue weighted by Gasteiger charge is 2.23. The minimum Gasteiger partial charge on any atom is -0.481 e. The van der Waals surface area contributed by atoms with E-state index in [0.29, 0.717) is 24.0 Å². The normalized spacial score (nSPS) is 14.9. The lowest BCUT2D eigenvalue weighted by Gasteiger charge is -2.33. The Bertz CT molecular complexity index is 1430. The van der Waals surface area contributed by atoms with Gasteiger partial charge < -0.3 is 30.3 Å². The molecule has 0 radical (unpaired) electrons. The van der Waals surface area contributed by atoms with E-state index in [4.69, 9.17) is 24.5 Å². The highest BCUT2D eigenvalue weighted by molar-refractivity contribution is 6.27. The van der Waals surface area contributed by atoms with Crippen molar-refractivity contribution in [3.63, 3.8) is 0 Å². The van der Waals surface area contributed by atoms with Gasteiger partial charge >= 0.3 is 11.9 Å². The number of nitrogens with one attached hydrogen (secondary N) is 1. The van der Waals surface area contributed by atoms with Gasteiger partial charge in [-0.1, -0.05) is 24.3 Å². The molecular formula is C28H31N5O6. The lowest BCUT2D eigenvalue weighted by Crippen LogP contribution is -2.43. The number of carbonyl (C=O) groups is 2. The molecule has 0 bridgehead atoms. The summed E-state index contributed by atoms with van der Waals surface area (Å²) < 4.78 is 5.25. The second-order valence-electron chi connectivity index (χ2n) is 9.23. The van der Waals surface area contributed by atoms with E-state index >= 15 is 0 Å². The standard InChI is InChI=1S/C26H29N5O2.C2H2O4/c1-33-25-7-6-23-26(30-25)22(8-11-27-23)24(32)17-31-12-9-20(10-13-31)29-16-21-14-18-4-2-3-5-19(18)15-28-21;3-1(4)2(5)6/h2-8,11,14-15,20,24,29,32H,9-10,12-13,16-17H2,1H3;(H,3,4)(H,5,6)/t24-;/m0./s1. The molecule has 11 nitrogen and oxygen atoms in total. The van der Waals surface area contributed by atoms with E-state index in [-0.39, 0.29) is 0 Å². The van der Waals surface area contributed by atoms with Crippen molar-refractivity contribution in [2.45, 2.75) is 31.5 Å². The molecule has 3 aromatic heterocycles.